The van der Waals surface area contributed by atoms with Gasteiger partial charge in [-0.3, -0.25) is 14.4 Å². The Labute approximate surface area is 234 Å². The summed E-state index contributed by atoms with van der Waals surface area (Å²) < 4.78 is 4.04. The Kier molecular flexibility index (Phi) is 7.12. The van der Waals surface area contributed by atoms with Gasteiger partial charge in [-0.15, -0.1) is 11.8 Å². The van der Waals surface area contributed by atoms with Crippen molar-refractivity contribution < 1.29 is 24.2 Å². The number of hydrogen-bond donors (Lipinski definition) is 1. The van der Waals surface area contributed by atoms with Crippen LogP contribution in [0.25, 0.3) is 0 Å². The number of amides is 2. The topological polar surface area (TPSA) is 87.1 Å². The summed E-state index contributed by atoms with van der Waals surface area (Å²) in [5.74, 6) is -2.12. The van der Waals surface area contributed by atoms with Crippen molar-refractivity contribution in [3.05, 3.63) is 60.2 Å². The highest BCUT2D eigenvalue weighted by molar-refractivity contribution is 8.02. The number of cyclic esters (lactones) is 1. The Morgan fingerprint density at radius 2 is 1.79 bits per heavy atom. The van der Waals surface area contributed by atoms with Crippen molar-refractivity contribution >= 4 is 29.5 Å². The first kappa shape index (κ1) is 26.6. The first-order valence-corrected chi connectivity index (χ1v) is 15.2. The van der Waals surface area contributed by atoms with Gasteiger partial charge < -0.3 is 19.6 Å². The first-order chi connectivity index (χ1) is 18.9. The van der Waals surface area contributed by atoms with Crippen molar-refractivity contribution in [2.75, 3.05) is 19.8 Å². The van der Waals surface area contributed by atoms with Crippen LogP contribution in [0.3, 0.4) is 0 Å². The quantitative estimate of drug-likeness (QED) is 0.446. The average Bonchev–Trinajstić information content (AvgIpc) is 3.26. The summed E-state index contributed by atoms with van der Waals surface area (Å²) in [6.07, 6.45) is 14.6. The Balaban J connectivity index is 1.47. The molecule has 4 heterocycles. The van der Waals surface area contributed by atoms with E-state index in [-0.39, 0.29) is 37.0 Å². The Hall–Kier alpha value is -2.58. The Bertz CT molecular complexity index is 1180. The van der Waals surface area contributed by atoms with Gasteiger partial charge in [-0.25, -0.2) is 0 Å². The van der Waals surface area contributed by atoms with Crippen LogP contribution in [0.15, 0.2) is 54.6 Å². The highest BCUT2D eigenvalue weighted by Gasteiger charge is 2.74. The van der Waals surface area contributed by atoms with E-state index in [4.69, 9.17) is 4.74 Å². The second kappa shape index (κ2) is 10.4. The molecule has 7 nitrogen and oxygen atoms in total. The fourth-order valence-electron chi connectivity index (χ4n) is 7.70. The zero-order valence-corrected chi connectivity index (χ0v) is 23.4. The smallest absolute Gasteiger partial charge is 0.311 e. The van der Waals surface area contributed by atoms with Gasteiger partial charge in [0.25, 0.3) is 0 Å². The van der Waals surface area contributed by atoms with E-state index < -0.39 is 33.4 Å². The summed E-state index contributed by atoms with van der Waals surface area (Å²) in [7, 11) is 0. The Morgan fingerprint density at radius 3 is 2.54 bits per heavy atom. The summed E-state index contributed by atoms with van der Waals surface area (Å²) in [5, 5.41) is 10.7. The molecule has 1 N–H and O–H groups in total. The minimum absolute atomic E-state index is 0.0584. The molecule has 5 aliphatic rings. The van der Waals surface area contributed by atoms with Crippen molar-refractivity contribution in [3.63, 3.8) is 0 Å². The van der Waals surface area contributed by atoms with Gasteiger partial charge >= 0.3 is 5.97 Å². The molecule has 8 heteroatoms. The van der Waals surface area contributed by atoms with E-state index in [0.29, 0.717) is 19.4 Å². The maximum absolute atomic E-state index is 14.7. The lowest BCUT2D eigenvalue weighted by atomic mass is 9.74. The fourth-order valence-corrected chi connectivity index (χ4v) is 9.84. The SMILES string of the molecule is C[C@@]12C=CCCOC(=O)[C@@H]1[C@H]1C(=O)N([C@@H](CO)Cc3ccccc3)C3C(=O)N(C4CCCCC4)CC=C[C@@]31S2. The number of carbonyl (C=O) groups is 3. The van der Waals surface area contributed by atoms with E-state index in [0.717, 1.165) is 31.2 Å². The Morgan fingerprint density at radius 1 is 1.03 bits per heavy atom. The lowest BCUT2D eigenvalue weighted by molar-refractivity contribution is -0.155. The largest absolute Gasteiger partial charge is 0.465 e. The molecule has 1 spiro atoms. The number of thioether (sulfide) groups is 1. The van der Waals surface area contributed by atoms with Crippen molar-refractivity contribution in [3.8, 4) is 0 Å². The standard InChI is InChI=1S/C31H38N2O5S/c1-30-15-8-9-18-38-29(37)25(30)24-27(35)33(23(20-34)19-21-11-4-2-5-12-21)26-28(36)32(22-13-6-3-7-14-22)17-10-16-31(24,26)39-30/h2,4-5,8,10-12,15-16,22-26,34H,3,6-7,9,13-14,17-20H2,1H3/t23-,24+,25+,26?,30-,31+/m1/s1. The van der Waals surface area contributed by atoms with Crippen LogP contribution in [0.5, 0.6) is 0 Å². The molecular weight excluding hydrogens is 512 g/mol. The van der Waals surface area contributed by atoms with Crippen LogP contribution >= 0.6 is 11.8 Å². The lowest BCUT2D eigenvalue weighted by Gasteiger charge is -2.42. The van der Waals surface area contributed by atoms with Crippen LogP contribution in [0.2, 0.25) is 0 Å². The second-order valence-electron chi connectivity index (χ2n) is 11.8. The minimum Gasteiger partial charge on any atom is -0.465 e. The van der Waals surface area contributed by atoms with E-state index in [9.17, 15) is 19.5 Å². The number of likely N-dealkylation sites (tertiary alicyclic amines) is 1. The van der Waals surface area contributed by atoms with Crippen LogP contribution < -0.4 is 0 Å². The molecule has 6 atom stereocenters. The summed E-state index contributed by atoms with van der Waals surface area (Å²) in [6.45, 7) is 2.52. The highest BCUT2D eigenvalue weighted by atomic mass is 32.2. The van der Waals surface area contributed by atoms with Crippen LogP contribution in [-0.2, 0) is 25.5 Å². The van der Waals surface area contributed by atoms with E-state index in [2.05, 4.69) is 12.2 Å². The predicted octanol–water partition coefficient (Wildman–Crippen LogP) is 3.51. The zero-order chi connectivity index (χ0) is 27.2. The maximum Gasteiger partial charge on any atom is 0.311 e. The number of aliphatic hydroxyl groups excluding tert-OH is 1. The molecule has 0 bridgehead atoms. The van der Waals surface area contributed by atoms with Gasteiger partial charge in [-0.05, 0) is 38.2 Å². The van der Waals surface area contributed by atoms with Gasteiger partial charge in [0, 0.05) is 17.3 Å². The van der Waals surface area contributed by atoms with Crippen molar-refractivity contribution in [2.24, 2.45) is 11.8 Å². The second-order valence-corrected chi connectivity index (χ2v) is 13.6. The normalized spacial score (nSPS) is 35.5. The summed E-state index contributed by atoms with van der Waals surface area (Å²) >= 11 is 1.57. The van der Waals surface area contributed by atoms with Gasteiger partial charge in [0.2, 0.25) is 11.8 Å². The summed E-state index contributed by atoms with van der Waals surface area (Å²) in [4.78, 5) is 46.4. The molecule has 6 rings (SSSR count). The molecule has 2 amide bonds. The van der Waals surface area contributed by atoms with Crippen molar-refractivity contribution in [1.29, 1.82) is 0 Å². The third kappa shape index (κ3) is 4.34. The van der Waals surface area contributed by atoms with E-state index >= 15 is 0 Å². The fraction of sp³-hybridized carbons (Fsp3) is 0.581. The molecule has 208 valence electrons. The molecule has 0 aromatic heterocycles. The van der Waals surface area contributed by atoms with Gasteiger partial charge in [0.05, 0.1) is 35.8 Å². The van der Waals surface area contributed by atoms with Crippen LogP contribution in [0.4, 0.5) is 0 Å². The van der Waals surface area contributed by atoms with Crippen molar-refractivity contribution in [2.45, 2.75) is 79.5 Å². The molecule has 3 fully saturated rings. The number of rotatable bonds is 5. The van der Waals surface area contributed by atoms with Crippen LogP contribution in [0.1, 0.15) is 51.0 Å². The first-order valence-electron chi connectivity index (χ1n) is 14.4. The number of esters is 1. The molecule has 4 aliphatic heterocycles. The molecule has 0 radical (unpaired) electrons. The van der Waals surface area contributed by atoms with Crippen LogP contribution in [0, 0.1) is 11.8 Å². The number of carbonyl (C=O) groups excluding carboxylic acids is 3. The third-order valence-electron chi connectivity index (χ3n) is 9.42. The molecule has 39 heavy (non-hydrogen) atoms. The van der Waals surface area contributed by atoms with Gasteiger partial charge in [-0.1, -0.05) is 73.9 Å². The molecular formula is C31H38N2O5S. The highest BCUT2D eigenvalue weighted by Crippen LogP contribution is 2.65. The zero-order valence-electron chi connectivity index (χ0n) is 22.5. The molecule has 1 aromatic carbocycles. The molecule has 1 aliphatic carbocycles. The van der Waals surface area contributed by atoms with E-state index in [1.54, 1.807) is 16.7 Å². The maximum atomic E-state index is 14.7. The van der Waals surface area contributed by atoms with E-state index in [1.165, 1.54) is 6.42 Å². The number of ether oxygens (including phenoxy) is 1. The minimum atomic E-state index is -0.922. The molecule has 1 aromatic rings. The van der Waals surface area contributed by atoms with Gasteiger partial charge in [-0.2, -0.15) is 0 Å². The molecule has 2 saturated heterocycles. The number of benzene rings is 1. The van der Waals surface area contributed by atoms with Gasteiger partial charge in [0.1, 0.15) is 6.04 Å². The number of hydrogen-bond acceptors (Lipinski definition) is 6. The van der Waals surface area contributed by atoms with Crippen molar-refractivity contribution in [1.82, 2.24) is 9.80 Å². The van der Waals surface area contributed by atoms with Crippen LogP contribution in [-0.4, -0.2) is 80.1 Å². The van der Waals surface area contributed by atoms with Gasteiger partial charge in [0.15, 0.2) is 0 Å². The number of fused-ring (bicyclic) bond motifs is 2. The lowest BCUT2D eigenvalue weighted by Crippen LogP contribution is -2.58. The molecule has 1 saturated carbocycles. The molecule has 1 unspecified atom stereocenters. The predicted molar refractivity (Wildman–Crippen MR) is 150 cm³/mol. The average molecular weight is 551 g/mol. The van der Waals surface area contributed by atoms with E-state index in [1.807, 2.05) is 54.3 Å². The third-order valence-corrected chi connectivity index (χ3v) is 11.2. The monoisotopic (exact) mass is 550 g/mol. The summed E-state index contributed by atoms with van der Waals surface area (Å²) in [6, 6.07) is 8.53. The number of nitrogens with zero attached hydrogens (tertiary/aromatic N) is 2. The summed E-state index contributed by atoms with van der Waals surface area (Å²) in [5.41, 5.74) is 0.988. The number of aliphatic hydroxyl groups is 1.